The SMILES string of the molecule is CC(=O)C[C@@H]1CC(O)CN1C(=O)[C@@H](N)[C@H](C)N. The molecule has 17 heavy (non-hydrogen) atoms. The van der Waals surface area contributed by atoms with Gasteiger partial charge in [-0.2, -0.15) is 0 Å². The van der Waals surface area contributed by atoms with E-state index in [2.05, 4.69) is 0 Å². The van der Waals surface area contributed by atoms with Crippen LogP contribution < -0.4 is 11.5 Å². The first-order chi connectivity index (χ1) is 7.82. The van der Waals surface area contributed by atoms with Crippen molar-refractivity contribution in [1.82, 2.24) is 4.90 Å². The number of carbonyl (C=O) groups excluding carboxylic acids is 2. The van der Waals surface area contributed by atoms with E-state index in [1.165, 1.54) is 11.8 Å². The molecule has 0 aliphatic carbocycles. The summed E-state index contributed by atoms with van der Waals surface area (Å²) in [7, 11) is 0. The average Bonchev–Trinajstić information content (AvgIpc) is 2.56. The molecule has 1 saturated heterocycles. The lowest BCUT2D eigenvalue weighted by Gasteiger charge is -2.27. The number of hydrogen-bond donors (Lipinski definition) is 3. The molecule has 0 bridgehead atoms. The molecule has 5 N–H and O–H groups in total. The first-order valence-electron chi connectivity index (χ1n) is 5.82. The minimum Gasteiger partial charge on any atom is -0.391 e. The van der Waals surface area contributed by atoms with E-state index in [1.54, 1.807) is 6.92 Å². The number of carbonyl (C=O) groups is 2. The van der Waals surface area contributed by atoms with Gasteiger partial charge in [0.05, 0.1) is 12.1 Å². The molecule has 1 fully saturated rings. The second-order valence-corrected chi connectivity index (χ2v) is 4.82. The van der Waals surface area contributed by atoms with Crippen LogP contribution in [0.25, 0.3) is 0 Å². The average molecular weight is 243 g/mol. The molecule has 0 aromatic rings. The Morgan fingerprint density at radius 2 is 2.06 bits per heavy atom. The maximum absolute atomic E-state index is 12.0. The summed E-state index contributed by atoms with van der Waals surface area (Å²) < 4.78 is 0. The first kappa shape index (κ1) is 14.1. The number of amides is 1. The molecular weight excluding hydrogens is 222 g/mol. The third-order valence-corrected chi connectivity index (χ3v) is 3.05. The minimum atomic E-state index is -0.783. The van der Waals surface area contributed by atoms with Crippen LogP contribution in [0.3, 0.4) is 0 Å². The fraction of sp³-hybridized carbons (Fsp3) is 0.818. The lowest BCUT2D eigenvalue weighted by molar-refractivity contribution is -0.134. The van der Waals surface area contributed by atoms with Crippen LogP contribution in [0, 0.1) is 0 Å². The van der Waals surface area contributed by atoms with Gasteiger partial charge in [0.15, 0.2) is 0 Å². The lowest BCUT2D eigenvalue weighted by Crippen LogP contribution is -2.53. The minimum absolute atomic E-state index is 0.00346. The monoisotopic (exact) mass is 243 g/mol. The fourth-order valence-corrected chi connectivity index (χ4v) is 2.10. The van der Waals surface area contributed by atoms with Crippen molar-refractivity contribution >= 4 is 11.7 Å². The molecule has 6 nitrogen and oxygen atoms in total. The van der Waals surface area contributed by atoms with Crippen molar-refractivity contribution in [3.63, 3.8) is 0 Å². The van der Waals surface area contributed by atoms with E-state index in [0.29, 0.717) is 6.42 Å². The summed E-state index contributed by atoms with van der Waals surface area (Å²) in [5, 5.41) is 9.57. The standard InChI is InChI=1S/C11H21N3O3/c1-6(15)3-8-4-9(16)5-14(8)11(17)10(13)7(2)12/h7-10,16H,3-5,12-13H2,1-2H3/t7-,8+,9?,10-/m0/s1. The summed E-state index contributed by atoms with van der Waals surface area (Å²) in [6.45, 7) is 3.37. The highest BCUT2D eigenvalue weighted by atomic mass is 16.3. The van der Waals surface area contributed by atoms with E-state index >= 15 is 0 Å². The number of aliphatic hydroxyl groups is 1. The van der Waals surface area contributed by atoms with Gasteiger partial charge < -0.3 is 21.5 Å². The summed E-state index contributed by atoms with van der Waals surface area (Å²) >= 11 is 0. The second-order valence-electron chi connectivity index (χ2n) is 4.82. The zero-order chi connectivity index (χ0) is 13.2. The van der Waals surface area contributed by atoms with Gasteiger partial charge in [-0.3, -0.25) is 9.59 Å². The Morgan fingerprint density at radius 3 is 2.53 bits per heavy atom. The number of β-amino-alcohol motifs (C(OH)–C–C–N with tert-alkyl or cyclic N) is 1. The molecule has 0 radical (unpaired) electrons. The number of hydrogen-bond acceptors (Lipinski definition) is 5. The van der Waals surface area contributed by atoms with Crippen molar-refractivity contribution in [2.24, 2.45) is 11.5 Å². The van der Waals surface area contributed by atoms with Crippen molar-refractivity contribution < 1.29 is 14.7 Å². The van der Waals surface area contributed by atoms with Crippen LogP contribution in [0.1, 0.15) is 26.7 Å². The molecule has 0 saturated carbocycles. The Balaban J connectivity index is 2.72. The lowest BCUT2D eigenvalue weighted by atomic mass is 10.1. The topological polar surface area (TPSA) is 110 Å². The maximum Gasteiger partial charge on any atom is 0.241 e. The fourth-order valence-electron chi connectivity index (χ4n) is 2.10. The van der Waals surface area contributed by atoms with Crippen LogP contribution in [0.5, 0.6) is 0 Å². The van der Waals surface area contributed by atoms with Gasteiger partial charge in [-0.05, 0) is 20.3 Å². The first-order valence-corrected chi connectivity index (χ1v) is 5.82. The normalized spacial score (nSPS) is 27.9. The number of ketones is 1. The summed E-state index contributed by atoms with van der Waals surface area (Å²) in [6, 6.07) is -1.48. The summed E-state index contributed by atoms with van der Waals surface area (Å²) in [5.74, 6) is -0.293. The quantitative estimate of drug-likeness (QED) is 0.562. The summed E-state index contributed by atoms with van der Waals surface area (Å²) in [4.78, 5) is 24.6. The Morgan fingerprint density at radius 1 is 1.47 bits per heavy atom. The molecule has 0 aromatic carbocycles. The highest BCUT2D eigenvalue weighted by Gasteiger charge is 2.37. The molecule has 6 heteroatoms. The molecule has 0 spiro atoms. The number of aliphatic hydroxyl groups excluding tert-OH is 1. The van der Waals surface area contributed by atoms with Crippen LogP contribution in [-0.2, 0) is 9.59 Å². The van der Waals surface area contributed by atoms with E-state index < -0.39 is 18.2 Å². The van der Waals surface area contributed by atoms with Crippen LogP contribution >= 0.6 is 0 Å². The van der Waals surface area contributed by atoms with E-state index in [0.717, 1.165) is 0 Å². The van der Waals surface area contributed by atoms with E-state index in [-0.39, 0.29) is 30.7 Å². The highest BCUT2D eigenvalue weighted by Crippen LogP contribution is 2.21. The van der Waals surface area contributed by atoms with E-state index in [9.17, 15) is 14.7 Å². The van der Waals surface area contributed by atoms with Crippen LogP contribution in [0.2, 0.25) is 0 Å². The predicted octanol–water partition coefficient (Wildman–Crippen LogP) is -1.40. The smallest absolute Gasteiger partial charge is 0.241 e. The van der Waals surface area contributed by atoms with E-state index in [4.69, 9.17) is 11.5 Å². The number of Topliss-reactive ketones (excluding diaryl/α,β-unsaturated/α-hetero) is 1. The maximum atomic E-state index is 12.0. The molecule has 1 amide bonds. The second kappa shape index (κ2) is 5.57. The third kappa shape index (κ3) is 3.49. The summed E-state index contributed by atoms with van der Waals surface area (Å²) in [6.07, 6.45) is 0.106. The molecule has 1 aliphatic rings. The number of nitrogens with zero attached hydrogens (tertiary/aromatic N) is 1. The van der Waals surface area contributed by atoms with Gasteiger partial charge in [-0.1, -0.05) is 0 Å². The molecule has 98 valence electrons. The van der Waals surface area contributed by atoms with Crippen LogP contribution in [0.15, 0.2) is 0 Å². The van der Waals surface area contributed by atoms with Crippen molar-refractivity contribution in [3.05, 3.63) is 0 Å². The molecule has 0 aromatic heterocycles. The van der Waals surface area contributed by atoms with Gasteiger partial charge in [-0.15, -0.1) is 0 Å². The number of likely N-dealkylation sites (tertiary alicyclic amines) is 1. The van der Waals surface area contributed by atoms with Gasteiger partial charge in [0.1, 0.15) is 5.78 Å². The Bertz CT molecular complexity index is 306. The van der Waals surface area contributed by atoms with Crippen molar-refractivity contribution in [1.29, 1.82) is 0 Å². The van der Waals surface area contributed by atoms with Gasteiger partial charge in [-0.25, -0.2) is 0 Å². The van der Waals surface area contributed by atoms with Crippen molar-refractivity contribution in [2.75, 3.05) is 6.54 Å². The third-order valence-electron chi connectivity index (χ3n) is 3.05. The highest BCUT2D eigenvalue weighted by molar-refractivity contribution is 5.84. The van der Waals surface area contributed by atoms with E-state index in [1.807, 2.05) is 0 Å². The van der Waals surface area contributed by atoms with Gasteiger partial charge >= 0.3 is 0 Å². The number of rotatable bonds is 4. The van der Waals surface area contributed by atoms with Crippen molar-refractivity contribution in [3.8, 4) is 0 Å². The zero-order valence-electron chi connectivity index (χ0n) is 10.3. The molecule has 4 atom stereocenters. The number of nitrogens with two attached hydrogens (primary N) is 2. The Kier molecular flexibility index (Phi) is 4.62. The molecule has 1 aliphatic heterocycles. The molecule has 1 unspecified atom stereocenters. The van der Waals surface area contributed by atoms with Gasteiger partial charge in [0.2, 0.25) is 5.91 Å². The zero-order valence-corrected chi connectivity index (χ0v) is 10.3. The summed E-state index contributed by atoms with van der Waals surface area (Å²) in [5.41, 5.74) is 11.3. The van der Waals surface area contributed by atoms with Gasteiger partial charge in [0.25, 0.3) is 0 Å². The molecular formula is C11H21N3O3. The van der Waals surface area contributed by atoms with Crippen LogP contribution in [-0.4, -0.2) is 52.5 Å². The Hall–Kier alpha value is -0.980. The largest absolute Gasteiger partial charge is 0.391 e. The van der Waals surface area contributed by atoms with Crippen molar-refractivity contribution in [2.45, 2.75) is 50.9 Å². The predicted molar refractivity (Wildman–Crippen MR) is 63.0 cm³/mol. The molecule has 1 rings (SSSR count). The van der Waals surface area contributed by atoms with Crippen LogP contribution in [0.4, 0.5) is 0 Å². The van der Waals surface area contributed by atoms with Gasteiger partial charge in [0, 0.05) is 25.0 Å². The Labute approximate surface area is 101 Å². The molecule has 1 heterocycles.